The van der Waals surface area contributed by atoms with Crippen LogP contribution >= 0.6 is 11.3 Å². The first-order valence-electron chi connectivity index (χ1n) is 13.6. The number of carboxylic acids is 1. The third-order valence-corrected chi connectivity index (χ3v) is 9.28. The van der Waals surface area contributed by atoms with E-state index in [1.54, 1.807) is 4.68 Å². The van der Waals surface area contributed by atoms with Crippen molar-refractivity contribution in [1.82, 2.24) is 14.8 Å². The van der Waals surface area contributed by atoms with Crippen molar-refractivity contribution in [1.29, 1.82) is 0 Å². The summed E-state index contributed by atoms with van der Waals surface area (Å²) >= 11 is 1.10. The quantitative estimate of drug-likeness (QED) is 0.246. The van der Waals surface area contributed by atoms with Gasteiger partial charge in [-0.05, 0) is 61.1 Å². The average Bonchev–Trinajstić information content (AvgIpc) is 3.30. The molecule has 0 amide bonds. The Morgan fingerprint density at radius 1 is 1.20 bits per heavy atom. The summed E-state index contributed by atoms with van der Waals surface area (Å²) in [6.07, 6.45) is 2.96. The number of aliphatic hydroxyl groups is 1. The summed E-state index contributed by atoms with van der Waals surface area (Å²) in [5.41, 5.74) is 1.20. The summed E-state index contributed by atoms with van der Waals surface area (Å²) in [5, 5.41) is 31.7. The fraction of sp³-hybridized carbons (Fsp3) is 0.300. The van der Waals surface area contributed by atoms with E-state index in [-0.39, 0.29) is 24.3 Å². The Balaban J connectivity index is 1.50. The lowest BCUT2D eigenvalue weighted by Crippen LogP contribution is -2.26. The van der Waals surface area contributed by atoms with E-state index in [9.17, 15) is 32.2 Å². The first kappa shape index (κ1) is 30.0. The van der Waals surface area contributed by atoms with Gasteiger partial charge < -0.3 is 14.9 Å². The van der Waals surface area contributed by atoms with Gasteiger partial charge in [0.15, 0.2) is 11.3 Å². The number of aromatic carboxylic acids is 1. The van der Waals surface area contributed by atoms with E-state index in [4.69, 9.17) is 15.0 Å². The first-order chi connectivity index (χ1) is 20.9. The molecular weight excluding hydrogens is 614 g/mol. The standard InChI is InChI=1S/C30H26F2N4O6S2/c31-22-5-4-20(14-19(22)7-8-30(39)9-10-42-16-30)27-21(11-18-3-6-26(23(32)12-18)44(33,40)41)25(13-17-1-2-17)36(35-27)29-34-24(15-43-29)28(37)38/h3-6,12,14-15,17,39H,1-2,9-11,13,16H2,(H,37,38)(H2,33,40,41). The summed E-state index contributed by atoms with van der Waals surface area (Å²) in [6, 6.07) is 7.94. The number of hydrogen-bond donors (Lipinski definition) is 3. The highest BCUT2D eigenvalue weighted by Gasteiger charge is 2.31. The predicted molar refractivity (Wildman–Crippen MR) is 156 cm³/mol. The van der Waals surface area contributed by atoms with E-state index in [2.05, 4.69) is 16.8 Å². The molecule has 10 nitrogen and oxygen atoms in total. The van der Waals surface area contributed by atoms with Gasteiger partial charge >= 0.3 is 5.97 Å². The second-order valence-corrected chi connectivity index (χ2v) is 13.3. The summed E-state index contributed by atoms with van der Waals surface area (Å²) in [4.78, 5) is 15.2. The molecule has 4 N–H and O–H groups in total. The number of carbonyl (C=O) groups is 1. The molecule has 1 saturated heterocycles. The van der Waals surface area contributed by atoms with Crippen molar-refractivity contribution in [3.05, 3.63) is 81.5 Å². The molecule has 1 unspecified atom stereocenters. The molecule has 1 aliphatic heterocycles. The normalized spacial score (nSPS) is 18.3. The van der Waals surface area contributed by atoms with Crippen LogP contribution < -0.4 is 5.14 Å². The van der Waals surface area contributed by atoms with Gasteiger partial charge in [-0.2, -0.15) is 5.10 Å². The molecule has 2 aromatic heterocycles. The van der Waals surface area contributed by atoms with E-state index in [0.717, 1.165) is 42.0 Å². The van der Waals surface area contributed by atoms with Crippen LogP contribution in [0.25, 0.3) is 16.4 Å². The van der Waals surface area contributed by atoms with Crippen LogP contribution in [0.5, 0.6) is 0 Å². The van der Waals surface area contributed by atoms with E-state index >= 15 is 0 Å². The predicted octanol–water partition coefficient (Wildman–Crippen LogP) is 3.67. The van der Waals surface area contributed by atoms with E-state index in [0.29, 0.717) is 52.9 Å². The number of hydrogen-bond acceptors (Lipinski definition) is 8. The molecule has 2 aromatic carbocycles. The SMILES string of the molecule is NS(=O)(=O)c1ccc(Cc2c(-c3ccc(F)c(C#CC4(O)CCOC4)c3)nn(-c3nc(C(=O)O)cs3)c2CC2CC2)cc1F. The zero-order valence-electron chi connectivity index (χ0n) is 23.1. The van der Waals surface area contributed by atoms with Crippen LogP contribution in [-0.4, -0.2) is 58.2 Å². The molecule has 1 aliphatic carbocycles. The number of sulfonamides is 1. The molecular formula is C30H26F2N4O6S2. The van der Waals surface area contributed by atoms with E-state index in [1.807, 2.05) is 0 Å². The fourth-order valence-electron chi connectivity index (χ4n) is 5.02. The van der Waals surface area contributed by atoms with Crippen molar-refractivity contribution in [3.8, 4) is 28.2 Å². The number of carboxylic acid groups (broad SMARTS) is 1. The Labute approximate surface area is 255 Å². The summed E-state index contributed by atoms with van der Waals surface area (Å²) < 4.78 is 60.1. The zero-order chi connectivity index (χ0) is 31.2. The summed E-state index contributed by atoms with van der Waals surface area (Å²) in [5.74, 6) is 3.00. The molecule has 2 aliphatic rings. The Bertz CT molecular complexity index is 1950. The molecule has 228 valence electrons. The van der Waals surface area contributed by atoms with Crippen LogP contribution in [0.2, 0.25) is 0 Å². The van der Waals surface area contributed by atoms with Crippen molar-refractivity contribution in [3.63, 3.8) is 0 Å². The van der Waals surface area contributed by atoms with Crippen LogP contribution in [0, 0.1) is 29.4 Å². The van der Waals surface area contributed by atoms with Gasteiger partial charge in [-0.25, -0.2) is 36.8 Å². The second-order valence-electron chi connectivity index (χ2n) is 10.9. The maximum absolute atomic E-state index is 14.9. The smallest absolute Gasteiger partial charge is 0.355 e. The summed E-state index contributed by atoms with van der Waals surface area (Å²) in [7, 11) is -4.27. The van der Waals surface area contributed by atoms with Gasteiger partial charge in [0.2, 0.25) is 15.2 Å². The van der Waals surface area contributed by atoms with Crippen LogP contribution in [-0.2, 0) is 27.6 Å². The lowest BCUT2D eigenvalue weighted by atomic mass is 9.96. The number of rotatable bonds is 8. The minimum absolute atomic E-state index is 0.0212. The first-order valence-corrected chi connectivity index (χ1v) is 16.1. The Morgan fingerprint density at radius 3 is 2.64 bits per heavy atom. The molecule has 4 aromatic rings. The summed E-state index contributed by atoms with van der Waals surface area (Å²) in [6.45, 7) is 0.366. The van der Waals surface area contributed by atoms with Crippen molar-refractivity contribution in [2.24, 2.45) is 11.1 Å². The van der Waals surface area contributed by atoms with Gasteiger partial charge in [0.25, 0.3) is 0 Å². The molecule has 2 fully saturated rings. The fourth-order valence-corrected chi connectivity index (χ4v) is 6.38. The van der Waals surface area contributed by atoms with Crippen LogP contribution in [0.3, 0.4) is 0 Å². The zero-order valence-corrected chi connectivity index (χ0v) is 24.7. The number of nitrogens with two attached hydrogens (primary N) is 1. The molecule has 0 bridgehead atoms. The molecule has 44 heavy (non-hydrogen) atoms. The number of primary sulfonamides is 1. The molecule has 3 heterocycles. The van der Waals surface area contributed by atoms with Gasteiger partial charge in [-0.1, -0.05) is 17.9 Å². The van der Waals surface area contributed by atoms with Gasteiger partial charge in [-0.3, -0.25) is 0 Å². The van der Waals surface area contributed by atoms with Crippen molar-refractivity contribution in [2.45, 2.75) is 42.6 Å². The van der Waals surface area contributed by atoms with Gasteiger partial charge in [-0.15, -0.1) is 11.3 Å². The van der Waals surface area contributed by atoms with Crippen LogP contribution in [0.1, 0.15) is 52.1 Å². The maximum atomic E-state index is 14.9. The molecule has 14 heteroatoms. The Morgan fingerprint density at radius 2 is 2.00 bits per heavy atom. The number of nitrogens with zero attached hydrogens (tertiary/aromatic N) is 3. The van der Waals surface area contributed by atoms with Gasteiger partial charge in [0.05, 0.1) is 30.2 Å². The molecule has 1 saturated carbocycles. The van der Waals surface area contributed by atoms with Crippen molar-refractivity contribution >= 4 is 27.3 Å². The lowest BCUT2D eigenvalue weighted by Gasteiger charge is -2.11. The van der Waals surface area contributed by atoms with Gasteiger partial charge in [0.1, 0.15) is 16.5 Å². The third-order valence-electron chi connectivity index (χ3n) is 7.52. The van der Waals surface area contributed by atoms with Crippen molar-refractivity contribution in [2.75, 3.05) is 13.2 Å². The highest BCUT2D eigenvalue weighted by molar-refractivity contribution is 7.89. The van der Waals surface area contributed by atoms with E-state index in [1.165, 1.54) is 29.6 Å². The number of ether oxygens (including phenoxy) is 1. The minimum atomic E-state index is -4.27. The molecule has 1 atom stereocenters. The molecule has 0 radical (unpaired) electrons. The Hall–Kier alpha value is -4.00. The number of thiazole rings is 1. The van der Waals surface area contributed by atoms with Crippen molar-refractivity contribution < 1.29 is 36.9 Å². The Kier molecular flexibility index (Phi) is 7.85. The lowest BCUT2D eigenvalue weighted by molar-refractivity contribution is 0.0691. The monoisotopic (exact) mass is 640 g/mol. The number of benzene rings is 2. The van der Waals surface area contributed by atoms with Gasteiger partial charge in [0, 0.05) is 29.3 Å². The third kappa shape index (κ3) is 6.28. The highest BCUT2D eigenvalue weighted by Crippen LogP contribution is 2.38. The van der Waals surface area contributed by atoms with E-state index < -0.39 is 38.1 Å². The average molecular weight is 641 g/mol. The number of aromatic nitrogens is 3. The maximum Gasteiger partial charge on any atom is 0.355 e. The molecule has 0 spiro atoms. The second kappa shape index (κ2) is 11.5. The van der Waals surface area contributed by atoms with Crippen LogP contribution in [0.15, 0.2) is 46.7 Å². The minimum Gasteiger partial charge on any atom is -0.476 e. The highest BCUT2D eigenvalue weighted by atomic mass is 32.2. The topological polar surface area (TPSA) is 158 Å². The number of halogens is 2. The van der Waals surface area contributed by atoms with Crippen LogP contribution in [0.4, 0.5) is 8.78 Å². The molecule has 6 rings (SSSR count). The largest absolute Gasteiger partial charge is 0.476 e.